The van der Waals surface area contributed by atoms with E-state index < -0.39 is 11.8 Å². The fourth-order valence-corrected chi connectivity index (χ4v) is 1.03. The summed E-state index contributed by atoms with van der Waals surface area (Å²) in [5.41, 5.74) is -0.105. The van der Waals surface area contributed by atoms with Crippen molar-refractivity contribution in [1.29, 1.82) is 0 Å². The Morgan fingerprint density at radius 1 is 1.50 bits per heavy atom. The van der Waals surface area contributed by atoms with Gasteiger partial charge in [0.05, 0.1) is 19.3 Å². The Balaban J connectivity index is 3.03. The van der Waals surface area contributed by atoms with Crippen molar-refractivity contribution >= 4 is 5.97 Å². The molecule has 0 aliphatic heterocycles. The van der Waals surface area contributed by atoms with Crippen LogP contribution in [0.1, 0.15) is 17.3 Å². The average Bonchev–Trinajstić information content (AvgIpc) is 2.18. The largest absolute Gasteiger partial charge is 0.494 e. The number of rotatable bonds is 3. The molecule has 3 nitrogen and oxygen atoms in total. The molecule has 0 N–H and O–H groups in total. The molecule has 0 radical (unpaired) electrons. The average molecular weight is 198 g/mol. The van der Waals surface area contributed by atoms with Crippen LogP contribution in [0.15, 0.2) is 18.2 Å². The molecule has 0 fully saturated rings. The first kappa shape index (κ1) is 10.5. The Morgan fingerprint density at radius 2 is 2.21 bits per heavy atom. The number of esters is 1. The highest BCUT2D eigenvalue weighted by Gasteiger charge is 2.15. The van der Waals surface area contributed by atoms with Crippen molar-refractivity contribution in [2.45, 2.75) is 6.92 Å². The van der Waals surface area contributed by atoms with Crippen LogP contribution in [0.5, 0.6) is 5.75 Å². The third-order valence-corrected chi connectivity index (χ3v) is 1.68. The van der Waals surface area contributed by atoms with E-state index in [9.17, 15) is 9.18 Å². The van der Waals surface area contributed by atoms with Crippen LogP contribution in [0.25, 0.3) is 0 Å². The first-order valence-corrected chi connectivity index (χ1v) is 4.20. The monoisotopic (exact) mass is 198 g/mol. The Kier molecular flexibility index (Phi) is 3.45. The molecule has 0 aromatic heterocycles. The minimum atomic E-state index is -0.687. The number of carbonyl (C=O) groups is 1. The van der Waals surface area contributed by atoms with E-state index >= 15 is 0 Å². The van der Waals surface area contributed by atoms with Crippen LogP contribution in [-0.4, -0.2) is 19.7 Å². The lowest BCUT2D eigenvalue weighted by Gasteiger charge is -2.06. The lowest BCUT2D eigenvalue weighted by Crippen LogP contribution is -2.07. The van der Waals surface area contributed by atoms with E-state index in [4.69, 9.17) is 4.74 Å². The fraction of sp³-hybridized carbons (Fsp3) is 0.300. The van der Waals surface area contributed by atoms with Crippen molar-refractivity contribution in [3.05, 3.63) is 29.6 Å². The summed E-state index contributed by atoms with van der Waals surface area (Å²) < 4.78 is 22.8. The van der Waals surface area contributed by atoms with Gasteiger partial charge >= 0.3 is 5.97 Å². The van der Waals surface area contributed by atoms with Crippen LogP contribution >= 0.6 is 0 Å². The summed E-state index contributed by atoms with van der Waals surface area (Å²) in [5.74, 6) is -1.33. The maximum absolute atomic E-state index is 13.4. The van der Waals surface area contributed by atoms with Gasteiger partial charge in [-0.15, -0.1) is 0 Å². The number of hydrogen-bond donors (Lipinski definition) is 0. The molecule has 1 rings (SSSR count). The smallest absolute Gasteiger partial charge is 0.341 e. The Bertz CT molecular complexity index is 336. The quantitative estimate of drug-likeness (QED) is 0.697. The zero-order valence-electron chi connectivity index (χ0n) is 8.04. The summed E-state index contributed by atoms with van der Waals surface area (Å²) in [5, 5.41) is 0. The van der Waals surface area contributed by atoms with Gasteiger partial charge in [0.2, 0.25) is 0 Å². The van der Waals surface area contributed by atoms with Gasteiger partial charge in [-0.05, 0) is 19.1 Å². The van der Waals surface area contributed by atoms with Gasteiger partial charge < -0.3 is 9.47 Å². The molecule has 0 saturated heterocycles. The summed E-state index contributed by atoms with van der Waals surface area (Å²) >= 11 is 0. The van der Waals surface area contributed by atoms with E-state index in [1.165, 1.54) is 25.3 Å². The van der Waals surface area contributed by atoms with Crippen LogP contribution in [-0.2, 0) is 4.74 Å². The molecule has 14 heavy (non-hydrogen) atoms. The highest BCUT2D eigenvalue weighted by atomic mass is 19.1. The number of methoxy groups -OCH3 is 1. The summed E-state index contributed by atoms with van der Waals surface area (Å²) in [6.07, 6.45) is 0. The van der Waals surface area contributed by atoms with Crippen molar-refractivity contribution in [3.63, 3.8) is 0 Å². The Hall–Kier alpha value is -1.58. The zero-order valence-corrected chi connectivity index (χ0v) is 8.04. The minimum absolute atomic E-state index is 0.0375. The van der Waals surface area contributed by atoms with Crippen molar-refractivity contribution < 1.29 is 18.7 Å². The van der Waals surface area contributed by atoms with Gasteiger partial charge in [-0.1, -0.05) is 6.07 Å². The highest BCUT2D eigenvalue weighted by Crippen LogP contribution is 2.20. The molecule has 0 bridgehead atoms. The molecule has 0 saturated carbocycles. The molecule has 1 aromatic carbocycles. The normalized spacial score (nSPS) is 9.64. The summed E-state index contributed by atoms with van der Waals surface area (Å²) in [6.45, 7) is 1.88. The first-order chi connectivity index (χ1) is 6.70. The number of benzene rings is 1. The summed E-state index contributed by atoms with van der Waals surface area (Å²) in [4.78, 5) is 11.2. The van der Waals surface area contributed by atoms with Gasteiger partial charge in [0, 0.05) is 0 Å². The number of ether oxygens (including phenoxy) is 2. The van der Waals surface area contributed by atoms with Crippen LogP contribution in [0.2, 0.25) is 0 Å². The number of halogens is 1. The van der Waals surface area contributed by atoms with E-state index in [-0.39, 0.29) is 17.9 Å². The topological polar surface area (TPSA) is 35.5 Å². The lowest BCUT2D eigenvalue weighted by molar-refractivity contribution is 0.0520. The third kappa shape index (κ3) is 2.02. The molecule has 0 aliphatic rings. The Morgan fingerprint density at radius 3 is 2.79 bits per heavy atom. The predicted molar refractivity (Wildman–Crippen MR) is 48.9 cm³/mol. The minimum Gasteiger partial charge on any atom is -0.494 e. The van der Waals surface area contributed by atoms with E-state index in [0.717, 1.165) is 0 Å². The standard InChI is InChI=1S/C10H11FO3/c1-3-14-10(12)7-5-4-6-8(13-2)9(7)11/h4-6H,3H2,1-2H3. The van der Waals surface area contributed by atoms with Crippen molar-refractivity contribution in [1.82, 2.24) is 0 Å². The zero-order chi connectivity index (χ0) is 10.6. The summed E-state index contributed by atoms with van der Waals surface area (Å²) in [7, 11) is 1.34. The van der Waals surface area contributed by atoms with Crippen molar-refractivity contribution in [2.24, 2.45) is 0 Å². The van der Waals surface area contributed by atoms with Gasteiger partial charge in [-0.25, -0.2) is 9.18 Å². The van der Waals surface area contributed by atoms with Crippen molar-refractivity contribution in [3.8, 4) is 5.75 Å². The second-order valence-electron chi connectivity index (χ2n) is 2.54. The van der Waals surface area contributed by atoms with Gasteiger partial charge in [-0.2, -0.15) is 0 Å². The van der Waals surface area contributed by atoms with E-state index in [1.807, 2.05) is 0 Å². The molecule has 0 unspecified atom stereocenters. The van der Waals surface area contributed by atoms with Crippen LogP contribution < -0.4 is 4.74 Å². The SMILES string of the molecule is CCOC(=O)c1cccc(OC)c1F. The van der Waals surface area contributed by atoms with E-state index in [2.05, 4.69) is 4.74 Å². The highest BCUT2D eigenvalue weighted by molar-refractivity contribution is 5.90. The third-order valence-electron chi connectivity index (χ3n) is 1.68. The van der Waals surface area contributed by atoms with Gasteiger partial charge in [-0.3, -0.25) is 0 Å². The molecular formula is C10H11FO3. The lowest BCUT2D eigenvalue weighted by atomic mass is 10.2. The number of hydrogen-bond acceptors (Lipinski definition) is 3. The second kappa shape index (κ2) is 4.60. The number of carbonyl (C=O) groups excluding carboxylic acids is 1. The van der Waals surface area contributed by atoms with Gasteiger partial charge in [0.1, 0.15) is 0 Å². The maximum atomic E-state index is 13.4. The molecule has 4 heteroatoms. The molecular weight excluding hydrogens is 187 g/mol. The fourth-order valence-electron chi connectivity index (χ4n) is 1.03. The molecule has 76 valence electrons. The maximum Gasteiger partial charge on any atom is 0.341 e. The van der Waals surface area contributed by atoms with E-state index in [1.54, 1.807) is 6.92 Å². The van der Waals surface area contributed by atoms with Crippen LogP contribution in [0, 0.1) is 5.82 Å². The van der Waals surface area contributed by atoms with Crippen molar-refractivity contribution in [2.75, 3.05) is 13.7 Å². The first-order valence-electron chi connectivity index (χ1n) is 4.20. The second-order valence-corrected chi connectivity index (χ2v) is 2.54. The van der Waals surface area contributed by atoms with Crippen LogP contribution in [0.4, 0.5) is 4.39 Å². The Labute approximate surface area is 81.4 Å². The van der Waals surface area contributed by atoms with E-state index in [0.29, 0.717) is 0 Å². The molecule has 1 aromatic rings. The van der Waals surface area contributed by atoms with Gasteiger partial charge in [0.15, 0.2) is 11.6 Å². The molecule has 0 spiro atoms. The summed E-state index contributed by atoms with van der Waals surface area (Å²) in [6, 6.07) is 4.34. The van der Waals surface area contributed by atoms with Crippen LogP contribution in [0.3, 0.4) is 0 Å². The van der Waals surface area contributed by atoms with Gasteiger partial charge in [0.25, 0.3) is 0 Å². The molecule has 0 atom stereocenters. The molecule has 0 heterocycles. The molecule has 0 amide bonds. The predicted octanol–water partition coefficient (Wildman–Crippen LogP) is 2.01. The molecule has 0 aliphatic carbocycles.